The van der Waals surface area contributed by atoms with Crippen molar-refractivity contribution in [3.63, 3.8) is 0 Å². The lowest BCUT2D eigenvalue weighted by atomic mass is 10.2. The van der Waals surface area contributed by atoms with Crippen LogP contribution in [0.15, 0.2) is 48.5 Å². The Labute approximate surface area is 138 Å². The number of rotatable bonds is 4. The standard InChI is InChI=1S/C18H14N2O4/c19-11-12-4-6-14(7-5-12)20-9-8-16(17(20)21)24-15-3-1-2-13(10-15)18(22)23/h1-7,10,16H,8-9H2,(H,22,23)/t16-/m1/s1. The van der Waals surface area contributed by atoms with E-state index in [2.05, 4.69) is 0 Å². The van der Waals surface area contributed by atoms with Crippen molar-refractivity contribution < 1.29 is 19.4 Å². The van der Waals surface area contributed by atoms with E-state index in [-0.39, 0.29) is 11.5 Å². The van der Waals surface area contributed by atoms with Gasteiger partial charge in [-0.1, -0.05) is 6.07 Å². The fourth-order valence-electron chi connectivity index (χ4n) is 2.60. The van der Waals surface area contributed by atoms with Gasteiger partial charge in [0.1, 0.15) is 5.75 Å². The minimum absolute atomic E-state index is 0.113. The van der Waals surface area contributed by atoms with Crippen molar-refractivity contribution in [3.8, 4) is 11.8 Å². The molecule has 1 atom stereocenters. The molecular weight excluding hydrogens is 308 g/mol. The summed E-state index contributed by atoms with van der Waals surface area (Å²) in [6.07, 6.45) is -0.138. The van der Waals surface area contributed by atoms with Gasteiger partial charge in [-0.25, -0.2) is 4.79 Å². The van der Waals surface area contributed by atoms with Crippen molar-refractivity contribution in [1.29, 1.82) is 5.26 Å². The number of anilines is 1. The third kappa shape index (κ3) is 3.06. The molecular formula is C18H14N2O4. The number of nitriles is 1. The molecule has 1 N–H and O–H groups in total. The van der Waals surface area contributed by atoms with Gasteiger partial charge in [0.05, 0.1) is 17.2 Å². The highest BCUT2D eigenvalue weighted by Crippen LogP contribution is 2.25. The van der Waals surface area contributed by atoms with E-state index in [4.69, 9.17) is 15.1 Å². The maximum atomic E-state index is 12.5. The van der Waals surface area contributed by atoms with Gasteiger partial charge in [-0.3, -0.25) is 4.79 Å². The largest absolute Gasteiger partial charge is 0.480 e. The first-order valence-electron chi connectivity index (χ1n) is 7.40. The molecule has 6 nitrogen and oxygen atoms in total. The van der Waals surface area contributed by atoms with Crippen molar-refractivity contribution in [1.82, 2.24) is 0 Å². The van der Waals surface area contributed by atoms with Crippen LogP contribution < -0.4 is 9.64 Å². The highest BCUT2D eigenvalue weighted by molar-refractivity contribution is 5.99. The van der Waals surface area contributed by atoms with E-state index in [1.54, 1.807) is 41.3 Å². The average Bonchev–Trinajstić information content (AvgIpc) is 2.96. The SMILES string of the molecule is N#Cc1ccc(N2CC[C@@H](Oc3cccc(C(=O)O)c3)C2=O)cc1. The molecule has 0 aliphatic carbocycles. The van der Waals surface area contributed by atoms with E-state index < -0.39 is 12.1 Å². The minimum atomic E-state index is -1.04. The van der Waals surface area contributed by atoms with Gasteiger partial charge < -0.3 is 14.7 Å². The zero-order valence-corrected chi connectivity index (χ0v) is 12.7. The smallest absolute Gasteiger partial charge is 0.335 e. The summed E-state index contributed by atoms with van der Waals surface area (Å²) in [4.78, 5) is 25.1. The van der Waals surface area contributed by atoms with Crippen molar-refractivity contribution in [2.75, 3.05) is 11.4 Å². The number of hydrogen-bond acceptors (Lipinski definition) is 4. The second-order valence-corrected chi connectivity index (χ2v) is 5.38. The first-order chi connectivity index (χ1) is 11.6. The predicted molar refractivity (Wildman–Crippen MR) is 85.9 cm³/mol. The van der Waals surface area contributed by atoms with Crippen LogP contribution >= 0.6 is 0 Å². The molecule has 0 aromatic heterocycles. The predicted octanol–water partition coefficient (Wildman–Crippen LogP) is 2.44. The number of hydrogen-bond donors (Lipinski definition) is 1. The molecule has 0 radical (unpaired) electrons. The third-order valence-corrected chi connectivity index (χ3v) is 3.82. The summed E-state index contributed by atoms with van der Waals surface area (Å²) in [5.74, 6) is -0.868. The Hall–Kier alpha value is -3.33. The van der Waals surface area contributed by atoms with Crippen LogP contribution in [-0.4, -0.2) is 29.6 Å². The van der Waals surface area contributed by atoms with Gasteiger partial charge in [0, 0.05) is 18.7 Å². The Kier molecular flexibility index (Phi) is 4.17. The number of carbonyl (C=O) groups is 2. The second kappa shape index (κ2) is 6.42. The van der Waals surface area contributed by atoms with E-state index in [1.807, 2.05) is 6.07 Å². The summed E-state index contributed by atoms with van der Waals surface area (Å²) in [6, 6.07) is 14.9. The zero-order valence-electron chi connectivity index (χ0n) is 12.7. The van der Waals surface area contributed by atoms with Crippen molar-refractivity contribution in [2.24, 2.45) is 0 Å². The van der Waals surface area contributed by atoms with Crippen molar-refractivity contribution in [2.45, 2.75) is 12.5 Å². The Bertz CT molecular complexity index is 824. The molecule has 1 fully saturated rings. The lowest BCUT2D eigenvalue weighted by Crippen LogP contribution is -2.32. The van der Waals surface area contributed by atoms with Gasteiger partial charge >= 0.3 is 5.97 Å². The summed E-state index contributed by atoms with van der Waals surface area (Å²) >= 11 is 0. The quantitative estimate of drug-likeness (QED) is 0.933. The first-order valence-corrected chi connectivity index (χ1v) is 7.40. The number of benzene rings is 2. The minimum Gasteiger partial charge on any atom is -0.480 e. The topological polar surface area (TPSA) is 90.6 Å². The molecule has 1 saturated heterocycles. The molecule has 0 bridgehead atoms. The maximum Gasteiger partial charge on any atom is 0.335 e. The molecule has 0 saturated carbocycles. The summed E-state index contributed by atoms with van der Waals surface area (Å²) in [5, 5.41) is 17.8. The van der Waals surface area contributed by atoms with Crippen LogP contribution in [0.1, 0.15) is 22.3 Å². The van der Waals surface area contributed by atoms with E-state index >= 15 is 0 Å². The van der Waals surface area contributed by atoms with Crippen LogP contribution in [0.2, 0.25) is 0 Å². The lowest BCUT2D eigenvalue weighted by Gasteiger charge is -2.17. The normalized spacial score (nSPS) is 16.7. The summed E-state index contributed by atoms with van der Waals surface area (Å²) in [6.45, 7) is 0.508. The molecule has 3 rings (SSSR count). The average molecular weight is 322 g/mol. The van der Waals surface area contributed by atoms with Gasteiger partial charge in [-0.15, -0.1) is 0 Å². The van der Waals surface area contributed by atoms with Gasteiger partial charge in [-0.2, -0.15) is 5.26 Å². The Morgan fingerprint density at radius 2 is 2.00 bits per heavy atom. The van der Waals surface area contributed by atoms with Gasteiger partial charge in [-0.05, 0) is 42.5 Å². The zero-order chi connectivity index (χ0) is 17.1. The first kappa shape index (κ1) is 15.6. The number of carboxylic acid groups (broad SMARTS) is 1. The molecule has 120 valence electrons. The molecule has 2 aromatic carbocycles. The van der Waals surface area contributed by atoms with Gasteiger partial charge in [0.25, 0.3) is 5.91 Å². The highest BCUT2D eigenvalue weighted by Gasteiger charge is 2.34. The summed E-state index contributed by atoms with van der Waals surface area (Å²) in [7, 11) is 0. The molecule has 1 aliphatic heterocycles. The van der Waals surface area contributed by atoms with Crippen molar-refractivity contribution >= 4 is 17.6 Å². The van der Waals surface area contributed by atoms with Crippen LogP contribution in [0.3, 0.4) is 0 Å². The van der Waals surface area contributed by atoms with Crippen molar-refractivity contribution in [3.05, 3.63) is 59.7 Å². The molecule has 1 aliphatic rings. The van der Waals surface area contributed by atoms with E-state index in [0.717, 1.165) is 0 Å². The molecule has 0 unspecified atom stereocenters. The lowest BCUT2D eigenvalue weighted by molar-refractivity contribution is -0.122. The number of carboxylic acids is 1. The molecule has 1 amide bonds. The van der Waals surface area contributed by atoms with E-state index in [9.17, 15) is 9.59 Å². The Morgan fingerprint density at radius 3 is 2.67 bits per heavy atom. The summed E-state index contributed by atoms with van der Waals surface area (Å²) < 4.78 is 5.67. The molecule has 24 heavy (non-hydrogen) atoms. The summed E-state index contributed by atoms with van der Waals surface area (Å²) in [5.41, 5.74) is 1.36. The Balaban J connectivity index is 1.73. The van der Waals surface area contributed by atoms with Crippen LogP contribution in [0.4, 0.5) is 5.69 Å². The molecule has 1 heterocycles. The van der Waals surface area contributed by atoms with Crippen LogP contribution in [0.25, 0.3) is 0 Å². The highest BCUT2D eigenvalue weighted by atomic mass is 16.5. The van der Waals surface area contributed by atoms with Crippen LogP contribution in [0.5, 0.6) is 5.75 Å². The number of carbonyl (C=O) groups excluding carboxylic acids is 1. The van der Waals surface area contributed by atoms with Gasteiger partial charge in [0.15, 0.2) is 6.10 Å². The molecule has 6 heteroatoms. The number of ether oxygens (including phenoxy) is 1. The number of amides is 1. The van der Waals surface area contributed by atoms with E-state index in [0.29, 0.717) is 30.0 Å². The van der Waals surface area contributed by atoms with Gasteiger partial charge in [0.2, 0.25) is 0 Å². The van der Waals surface area contributed by atoms with E-state index in [1.165, 1.54) is 12.1 Å². The number of nitrogens with zero attached hydrogens (tertiary/aromatic N) is 2. The fraction of sp³-hybridized carbons (Fsp3) is 0.167. The maximum absolute atomic E-state index is 12.5. The third-order valence-electron chi connectivity index (χ3n) is 3.82. The van der Waals surface area contributed by atoms with Crippen LogP contribution in [0, 0.1) is 11.3 Å². The van der Waals surface area contributed by atoms with Crippen LogP contribution in [-0.2, 0) is 4.79 Å². The molecule has 0 spiro atoms. The molecule has 2 aromatic rings. The fourth-order valence-corrected chi connectivity index (χ4v) is 2.60. The number of aromatic carboxylic acids is 1. The second-order valence-electron chi connectivity index (χ2n) is 5.38. The monoisotopic (exact) mass is 322 g/mol. The Morgan fingerprint density at radius 1 is 1.25 bits per heavy atom.